The molecule has 1 aromatic carbocycles. The van der Waals surface area contributed by atoms with E-state index >= 15 is 0 Å². The smallest absolute Gasteiger partial charge is 0.249 e. The summed E-state index contributed by atoms with van der Waals surface area (Å²) in [5.41, 5.74) is 0.887. The van der Waals surface area contributed by atoms with Gasteiger partial charge in [-0.2, -0.15) is 0 Å². The van der Waals surface area contributed by atoms with Crippen LogP contribution in [-0.4, -0.2) is 32.8 Å². The van der Waals surface area contributed by atoms with Gasteiger partial charge in [-0.25, -0.2) is 0 Å². The first-order valence-electron chi connectivity index (χ1n) is 6.79. The van der Waals surface area contributed by atoms with Gasteiger partial charge in [0, 0.05) is 12.2 Å². The van der Waals surface area contributed by atoms with E-state index in [9.17, 15) is 4.79 Å². The van der Waals surface area contributed by atoms with E-state index in [4.69, 9.17) is 14.2 Å². The molecule has 0 spiro atoms. The standard InChI is InChI=1S/C15H21NO4/c1-10(16-15(17)14-5-4-8-20-14)12-9-11(18-2)6-7-13(12)19-3/h6-7,9-10,14H,4-5,8H2,1-3H3,(H,16,17). The van der Waals surface area contributed by atoms with Crippen molar-refractivity contribution in [3.63, 3.8) is 0 Å². The number of amides is 1. The van der Waals surface area contributed by atoms with Crippen LogP contribution in [0.1, 0.15) is 31.4 Å². The Labute approximate surface area is 119 Å². The summed E-state index contributed by atoms with van der Waals surface area (Å²) in [6.45, 7) is 2.58. The van der Waals surface area contributed by atoms with Crippen LogP contribution in [-0.2, 0) is 9.53 Å². The molecule has 5 heteroatoms. The quantitative estimate of drug-likeness (QED) is 0.896. The first kappa shape index (κ1) is 14.7. The third-order valence-corrected chi connectivity index (χ3v) is 3.48. The van der Waals surface area contributed by atoms with Gasteiger partial charge < -0.3 is 19.5 Å². The van der Waals surface area contributed by atoms with Gasteiger partial charge in [-0.3, -0.25) is 4.79 Å². The lowest BCUT2D eigenvalue weighted by Crippen LogP contribution is -2.35. The van der Waals surface area contributed by atoms with Crippen LogP contribution in [0.5, 0.6) is 11.5 Å². The summed E-state index contributed by atoms with van der Waals surface area (Å²) in [6, 6.07) is 5.37. The van der Waals surface area contributed by atoms with E-state index < -0.39 is 0 Å². The topological polar surface area (TPSA) is 56.8 Å². The van der Waals surface area contributed by atoms with Crippen LogP contribution in [0.4, 0.5) is 0 Å². The van der Waals surface area contributed by atoms with Crippen molar-refractivity contribution in [2.45, 2.75) is 31.9 Å². The summed E-state index contributed by atoms with van der Waals surface area (Å²) >= 11 is 0. The zero-order valence-electron chi connectivity index (χ0n) is 12.1. The van der Waals surface area contributed by atoms with Gasteiger partial charge >= 0.3 is 0 Å². The van der Waals surface area contributed by atoms with Crippen molar-refractivity contribution < 1.29 is 19.0 Å². The van der Waals surface area contributed by atoms with Gasteiger partial charge in [-0.05, 0) is 38.0 Å². The maximum atomic E-state index is 12.1. The van der Waals surface area contributed by atoms with E-state index in [0.29, 0.717) is 6.61 Å². The number of methoxy groups -OCH3 is 2. The number of carbonyl (C=O) groups is 1. The molecule has 0 bridgehead atoms. The Balaban J connectivity index is 2.10. The van der Waals surface area contributed by atoms with Crippen LogP contribution in [0.2, 0.25) is 0 Å². The Hall–Kier alpha value is -1.75. The fraction of sp³-hybridized carbons (Fsp3) is 0.533. The van der Waals surface area contributed by atoms with Crippen molar-refractivity contribution in [1.29, 1.82) is 0 Å². The Morgan fingerprint density at radius 3 is 2.80 bits per heavy atom. The summed E-state index contributed by atoms with van der Waals surface area (Å²) in [5.74, 6) is 1.39. The summed E-state index contributed by atoms with van der Waals surface area (Å²) in [5, 5.41) is 2.96. The van der Waals surface area contributed by atoms with Gasteiger partial charge in [0.1, 0.15) is 17.6 Å². The molecule has 1 aliphatic heterocycles. The first-order valence-corrected chi connectivity index (χ1v) is 6.79. The molecule has 1 N–H and O–H groups in total. The number of hydrogen-bond donors (Lipinski definition) is 1. The van der Waals surface area contributed by atoms with E-state index in [1.54, 1.807) is 14.2 Å². The lowest BCUT2D eigenvalue weighted by molar-refractivity contribution is -0.130. The van der Waals surface area contributed by atoms with Crippen LogP contribution >= 0.6 is 0 Å². The largest absolute Gasteiger partial charge is 0.497 e. The lowest BCUT2D eigenvalue weighted by Gasteiger charge is -2.20. The molecule has 1 fully saturated rings. The van der Waals surface area contributed by atoms with E-state index in [1.165, 1.54) is 0 Å². The van der Waals surface area contributed by atoms with Crippen LogP contribution in [0, 0.1) is 0 Å². The van der Waals surface area contributed by atoms with Gasteiger partial charge in [0.15, 0.2) is 0 Å². The molecule has 1 aliphatic rings. The molecule has 0 aliphatic carbocycles. The molecular formula is C15H21NO4. The Kier molecular flexibility index (Phi) is 4.84. The normalized spacial score (nSPS) is 19.4. The monoisotopic (exact) mass is 279 g/mol. The number of carbonyl (C=O) groups excluding carboxylic acids is 1. The molecule has 2 rings (SSSR count). The minimum absolute atomic E-state index is 0.0696. The number of nitrogens with one attached hydrogen (secondary N) is 1. The van der Waals surface area contributed by atoms with Gasteiger partial charge in [-0.15, -0.1) is 0 Å². The van der Waals surface area contributed by atoms with Gasteiger partial charge in [0.05, 0.1) is 20.3 Å². The molecule has 1 amide bonds. The summed E-state index contributed by atoms with van der Waals surface area (Å²) < 4.78 is 15.9. The number of hydrogen-bond acceptors (Lipinski definition) is 4. The third-order valence-electron chi connectivity index (χ3n) is 3.48. The number of ether oxygens (including phenoxy) is 3. The molecule has 20 heavy (non-hydrogen) atoms. The third kappa shape index (κ3) is 3.22. The van der Waals surface area contributed by atoms with E-state index in [0.717, 1.165) is 29.9 Å². The number of rotatable bonds is 5. The summed E-state index contributed by atoms with van der Waals surface area (Å²) in [6.07, 6.45) is 1.40. The highest BCUT2D eigenvalue weighted by atomic mass is 16.5. The fourth-order valence-electron chi connectivity index (χ4n) is 2.35. The highest BCUT2D eigenvalue weighted by Crippen LogP contribution is 2.29. The molecule has 5 nitrogen and oxygen atoms in total. The predicted octanol–water partition coefficient (Wildman–Crippen LogP) is 2.06. The average Bonchev–Trinajstić information content (AvgIpc) is 3.00. The molecule has 0 saturated carbocycles. The van der Waals surface area contributed by atoms with Crippen molar-refractivity contribution in [2.75, 3.05) is 20.8 Å². The summed E-state index contributed by atoms with van der Waals surface area (Å²) in [4.78, 5) is 12.1. The highest BCUT2D eigenvalue weighted by molar-refractivity contribution is 5.81. The zero-order valence-corrected chi connectivity index (χ0v) is 12.1. The molecule has 2 atom stereocenters. The van der Waals surface area contributed by atoms with Crippen molar-refractivity contribution in [3.8, 4) is 11.5 Å². The zero-order chi connectivity index (χ0) is 14.5. The van der Waals surface area contributed by atoms with Gasteiger partial charge in [0.25, 0.3) is 0 Å². The second-order valence-corrected chi connectivity index (χ2v) is 4.84. The van der Waals surface area contributed by atoms with Gasteiger partial charge in [-0.1, -0.05) is 0 Å². The second kappa shape index (κ2) is 6.61. The average molecular weight is 279 g/mol. The maximum absolute atomic E-state index is 12.1. The van der Waals surface area contributed by atoms with Crippen molar-refractivity contribution in [1.82, 2.24) is 5.32 Å². The Morgan fingerprint density at radius 2 is 2.20 bits per heavy atom. The van der Waals surface area contributed by atoms with Crippen LogP contribution < -0.4 is 14.8 Å². The minimum atomic E-state index is -0.325. The number of benzene rings is 1. The summed E-state index contributed by atoms with van der Waals surface area (Å²) in [7, 11) is 3.22. The molecule has 110 valence electrons. The van der Waals surface area contributed by atoms with Crippen LogP contribution in [0.25, 0.3) is 0 Å². The lowest BCUT2D eigenvalue weighted by atomic mass is 10.1. The van der Waals surface area contributed by atoms with Crippen LogP contribution in [0.15, 0.2) is 18.2 Å². The predicted molar refractivity (Wildman–Crippen MR) is 75.1 cm³/mol. The fourth-order valence-corrected chi connectivity index (χ4v) is 2.35. The molecular weight excluding hydrogens is 258 g/mol. The first-order chi connectivity index (χ1) is 9.65. The van der Waals surface area contributed by atoms with Gasteiger partial charge in [0.2, 0.25) is 5.91 Å². The molecule has 1 heterocycles. The van der Waals surface area contributed by atoms with Crippen molar-refractivity contribution in [2.24, 2.45) is 0 Å². The van der Waals surface area contributed by atoms with E-state index in [2.05, 4.69) is 5.32 Å². The Bertz CT molecular complexity index is 469. The van der Waals surface area contributed by atoms with Crippen molar-refractivity contribution in [3.05, 3.63) is 23.8 Å². The highest BCUT2D eigenvalue weighted by Gasteiger charge is 2.25. The van der Waals surface area contributed by atoms with Crippen molar-refractivity contribution >= 4 is 5.91 Å². The molecule has 0 aromatic heterocycles. The van der Waals surface area contributed by atoms with E-state index in [1.807, 2.05) is 25.1 Å². The Morgan fingerprint density at radius 1 is 1.40 bits per heavy atom. The van der Waals surface area contributed by atoms with Crippen LogP contribution in [0.3, 0.4) is 0 Å². The minimum Gasteiger partial charge on any atom is -0.497 e. The second-order valence-electron chi connectivity index (χ2n) is 4.84. The molecule has 2 unspecified atom stereocenters. The maximum Gasteiger partial charge on any atom is 0.249 e. The molecule has 0 radical (unpaired) electrons. The van der Waals surface area contributed by atoms with E-state index in [-0.39, 0.29) is 18.1 Å². The molecule has 1 saturated heterocycles. The SMILES string of the molecule is COc1ccc(OC)c(C(C)NC(=O)C2CCCO2)c1. The molecule has 1 aromatic rings.